The minimum absolute atomic E-state index is 0.512. The molecule has 0 bridgehead atoms. The van der Waals surface area contributed by atoms with E-state index in [1.54, 1.807) is 29.9 Å². The second kappa shape index (κ2) is 6.42. The first kappa shape index (κ1) is 17.0. The van der Waals surface area contributed by atoms with Gasteiger partial charge >= 0.3 is 11.9 Å². The highest BCUT2D eigenvalue weighted by atomic mass is 35.5. The molecule has 2 rings (SSSR count). The number of hydrogen-bond acceptors (Lipinski definition) is 5. The molecule has 0 fully saturated rings. The fourth-order valence-electron chi connectivity index (χ4n) is 2.50. The number of aryl methyl sites for hydroxylation is 1. The number of carbonyl (C=O) groups excluding carboxylic acids is 2. The third-order valence-corrected chi connectivity index (χ3v) is 3.95. The summed E-state index contributed by atoms with van der Waals surface area (Å²) in [6, 6.07) is 5.24. The highest BCUT2D eigenvalue weighted by Crippen LogP contribution is 2.31. The van der Waals surface area contributed by atoms with E-state index < -0.39 is 17.4 Å². The molecule has 0 spiro atoms. The van der Waals surface area contributed by atoms with E-state index in [4.69, 9.17) is 21.1 Å². The topological polar surface area (TPSA) is 70.4 Å². The molecule has 0 aliphatic carbocycles. The number of carbonyl (C=O) groups is 2. The van der Waals surface area contributed by atoms with E-state index in [1.807, 2.05) is 6.07 Å². The van der Waals surface area contributed by atoms with Crippen molar-refractivity contribution in [2.75, 3.05) is 14.2 Å². The molecule has 0 aliphatic heterocycles. The van der Waals surface area contributed by atoms with Crippen molar-refractivity contribution in [3.8, 4) is 5.69 Å². The molecule has 0 unspecified atom stereocenters. The molecule has 7 heteroatoms. The minimum atomic E-state index is -1.53. The first-order valence-corrected chi connectivity index (χ1v) is 7.21. The van der Waals surface area contributed by atoms with Crippen LogP contribution in [0.15, 0.2) is 30.6 Å². The fourth-order valence-corrected chi connectivity index (χ4v) is 2.64. The Balaban J connectivity index is 2.54. The lowest BCUT2D eigenvalue weighted by molar-refractivity contribution is -0.161. The predicted octanol–water partition coefficient (Wildman–Crippen LogP) is 2.44. The molecule has 1 aromatic heterocycles. The van der Waals surface area contributed by atoms with Crippen LogP contribution in [0.5, 0.6) is 0 Å². The number of methoxy groups -OCH3 is 2. The van der Waals surface area contributed by atoms with Crippen LogP contribution in [0.25, 0.3) is 5.69 Å². The summed E-state index contributed by atoms with van der Waals surface area (Å²) in [4.78, 5) is 24.4. The maximum atomic E-state index is 12.2. The van der Waals surface area contributed by atoms with Gasteiger partial charge in [-0.3, -0.25) is 9.59 Å². The third-order valence-electron chi connectivity index (χ3n) is 3.75. The molecule has 23 heavy (non-hydrogen) atoms. The SMILES string of the molecule is COC(=O)C(C)(C(=O)OC)c1ccc(-n2cc(Cl)cn2)cc1C. The quantitative estimate of drug-likeness (QED) is 0.633. The van der Waals surface area contributed by atoms with Crippen LogP contribution in [0, 0.1) is 6.92 Å². The molecule has 0 aliphatic rings. The van der Waals surface area contributed by atoms with E-state index in [9.17, 15) is 9.59 Å². The summed E-state index contributed by atoms with van der Waals surface area (Å²) in [6.45, 7) is 3.28. The first-order chi connectivity index (χ1) is 10.8. The lowest BCUT2D eigenvalue weighted by Crippen LogP contribution is -2.43. The summed E-state index contributed by atoms with van der Waals surface area (Å²) in [5.41, 5.74) is 0.467. The normalized spacial score (nSPS) is 11.2. The lowest BCUT2D eigenvalue weighted by atomic mass is 9.80. The zero-order chi connectivity index (χ0) is 17.2. The highest BCUT2D eigenvalue weighted by molar-refractivity contribution is 6.30. The largest absolute Gasteiger partial charge is 0.468 e. The molecular formula is C16H17ClN2O4. The predicted molar refractivity (Wildman–Crippen MR) is 84.7 cm³/mol. The van der Waals surface area contributed by atoms with Gasteiger partial charge in [0.25, 0.3) is 0 Å². The van der Waals surface area contributed by atoms with Gasteiger partial charge < -0.3 is 9.47 Å². The van der Waals surface area contributed by atoms with E-state index >= 15 is 0 Å². The summed E-state index contributed by atoms with van der Waals surface area (Å²) in [6.07, 6.45) is 3.19. The van der Waals surface area contributed by atoms with Gasteiger partial charge in [-0.2, -0.15) is 5.10 Å². The number of hydrogen-bond donors (Lipinski definition) is 0. The molecule has 122 valence electrons. The number of ether oxygens (including phenoxy) is 2. The molecule has 1 heterocycles. The van der Waals surface area contributed by atoms with Crippen LogP contribution < -0.4 is 0 Å². The Bertz CT molecular complexity index is 738. The van der Waals surface area contributed by atoms with Crippen LogP contribution >= 0.6 is 11.6 Å². The van der Waals surface area contributed by atoms with Gasteiger partial charge in [-0.05, 0) is 37.1 Å². The summed E-state index contributed by atoms with van der Waals surface area (Å²) < 4.78 is 11.2. The van der Waals surface area contributed by atoms with Crippen molar-refractivity contribution in [2.45, 2.75) is 19.3 Å². The summed E-state index contributed by atoms with van der Waals surface area (Å²) in [7, 11) is 2.47. The number of benzene rings is 1. The van der Waals surface area contributed by atoms with Gasteiger partial charge in [0.1, 0.15) is 0 Å². The van der Waals surface area contributed by atoms with E-state index in [2.05, 4.69) is 5.10 Å². The Hall–Kier alpha value is -2.34. The van der Waals surface area contributed by atoms with Crippen molar-refractivity contribution in [2.24, 2.45) is 0 Å². The molecular weight excluding hydrogens is 320 g/mol. The van der Waals surface area contributed by atoms with E-state index in [-0.39, 0.29) is 0 Å². The van der Waals surface area contributed by atoms with Gasteiger partial charge in [0.15, 0.2) is 5.41 Å². The summed E-state index contributed by atoms with van der Waals surface area (Å²) in [5.74, 6) is -1.36. The summed E-state index contributed by atoms with van der Waals surface area (Å²) >= 11 is 5.87. The van der Waals surface area contributed by atoms with E-state index in [1.165, 1.54) is 27.3 Å². The van der Waals surface area contributed by atoms with Crippen molar-refractivity contribution in [3.05, 3.63) is 46.7 Å². The fraction of sp³-hybridized carbons (Fsp3) is 0.312. The maximum absolute atomic E-state index is 12.2. The van der Waals surface area contributed by atoms with Gasteiger partial charge in [0, 0.05) is 6.20 Å². The molecule has 6 nitrogen and oxygen atoms in total. The second-order valence-corrected chi connectivity index (χ2v) is 5.65. The molecule has 0 saturated carbocycles. The van der Waals surface area contributed by atoms with Crippen LogP contribution in [0.4, 0.5) is 0 Å². The number of esters is 2. The lowest BCUT2D eigenvalue weighted by Gasteiger charge is -2.26. The molecule has 0 radical (unpaired) electrons. The van der Waals surface area contributed by atoms with Crippen LogP contribution in [0.3, 0.4) is 0 Å². The summed E-state index contributed by atoms with van der Waals surface area (Å²) in [5, 5.41) is 4.64. The van der Waals surface area contributed by atoms with Crippen molar-refractivity contribution in [1.82, 2.24) is 9.78 Å². The molecule has 2 aromatic rings. The Morgan fingerprint density at radius 3 is 2.26 bits per heavy atom. The molecule has 0 amide bonds. The van der Waals surface area contributed by atoms with Crippen LogP contribution in [-0.4, -0.2) is 35.9 Å². The highest BCUT2D eigenvalue weighted by Gasteiger charge is 2.46. The van der Waals surface area contributed by atoms with E-state index in [0.717, 1.165) is 11.3 Å². The van der Waals surface area contributed by atoms with Gasteiger partial charge in [0.2, 0.25) is 0 Å². The standard InChI is InChI=1S/C16H17ClN2O4/c1-10-7-12(19-9-11(17)8-18-19)5-6-13(10)16(2,14(20)22-3)15(21)23-4/h5-9H,1-4H3. The third kappa shape index (κ3) is 2.94. The Kier molecular flexibility index (Phi) is 4.75. The van der Waals surface area contributed by atoms with Gasteiger partial charge in [-0.15, -0.1) is 0 Å². The number of rotatable bonds is 4. The van der Waals surface area contributed by atoms with Gasteiger partial charge in [0.05, 0.1) is 31.1 Å². The molecule has 0 atom stereocenters. The average molecular weight is 337 g/mol. The number of aromatic nitrogens is 2. The van der Waals surface area contributed by atoms with Crippen molar-refractivity contribution < 1.29 is 19.1 Å². The van der Waals surface area contributed by atoms with Crippen molar-refractivity contribution in [3.63, 3.8) is 0 Å². The Morgan fingerprint density at radius 2 is 1.83 bits per heavy atom. The van der Waals surface area contributed by atoms with Gasteiger partial charge in [-0.25, -0.2) is 4.68 Å². The van der Waals surface area contributed by atoms with Crippen molar-refractivity contribution >= 4 is 23.5 Å². The van der Waals surface area contributed by atoms with Crippen LogP contribution in [0.2, 0.25) is 5.02 Å². The van der Waals surface area contributed by atoms with Crippen molar-refractivity contribution in [1.29, 1.82) is 0 Å². The molecule has 0 saturated heterocycles. The molecule has 1 aromatic carbocycles. The average Bonchev–Trinajstić information content (AvgIpc) is 2.98. The van der Waals surface area contributed by atoms with E-state index in [0.29, 0.717) is 10.6 Å². The van der Waals surface area contributed by atoms with Crippen LogP contribution in [0.1, 0.15) is 18.1 Å². The second-order valence-electron chi connectivity index (χ2n) is 5.21. The monoisotopic (exact) mass is 336 g/mol. The smallest absolute Gasteiger partial charge is 0.327 e. The Labute approximate surface area is 139 Å². The maximum Gasteiger partial charge on any atom is 0.327 e. The minimum Gasteiger partial charge on any atom is -0.468 e. The van der Waals surface area contributed by atoms with Crippen LogP contribution in [-0.2, 0) is 24.5 Å². The molecule has 0 N–H and O–H groups in total. The zero-order valence-corrected chi connectivity index (χ0v) is 14.0. The van der Waals surface area contributed by atoms with Gasteiger partial charge in [-0.1, -0.05) is 17.7 Å². The zero-order valence-electron chi connectivity index (χ0n) is 13.3. The number of nitrogens with zero attached hydrogens (tertiary/aromatic N) is 2. The number of halogens is 1. The Morgan fingerprint density at radius 1 is 1.22 bits per heavy atom. The first-order valence-electron chi connectivity index (χ1n) is 6.83.